The summed E-state index contributed by atoms with van der Waals surface area (Å²) in [6.07, 6.45) is -0.433. The lowest BCUT2D eigenvalue weighted by molar-refractivity contribution is -0.137. The average molecular weight is 458 g/mol. The first-order valence-corrected chi connectivity index (χ1v) is 12.7. The van der Waals surface area contributed by atoms with Gasteiger partial charge in [0.15, 0.2) is 0 Å². The Kier molecular flexibility index (Phi) is 5.89. The van der Waals surface area contributed by atoms with Crippen LogP contribution in [-0.4, -0.2) is 62.1 Å². The predicted molar refractivity (Wildman–Crippen MR) is 116 cm³/mol. The molecule has 2 heterocycles. The summed E-state index contributed by atoms with van der Waals surface area (Å²) in [5, 5.41) is 0.697. The zero-order valence-corrected chi connectivity index (χ0v) is 19.0. The van der Waals surface area contributed by atoms with Gasteiger partial charge in [0.2, 0.25) is 10.0 Å². The molecule has 0 radical (unpaired) electrons. The van der Waals surface area contributed by atoms with Crippen LogP contribution in [0.15, 0.2) is 18.2 Å². The van der Waals surface area contributed by atoms with E-state index in [1.807, 2.05) is 0 Å². The van der Waals surface area contributed by atoms with Crippen molar-refractivity contribution >= 4 is 20.9 Å². The number of hydrogen-bond donors (Lipinski definition) is 1. The Hall–Kier alpha value is -1.58. The molecule has 1 N–H and O–H groups in total. The molecule has 0 spiro atoms. The van der Waals surface area contributed by atoms with Crippen molar-refractivity contribution in [2.75, 3.05) is 39.5 Å². The quantitative estimate of drug-likeness (QED) is 0.737. The maximum Gasteiger partial charge on any atom is 0.416 e. The van der Waals surface area contributed by atoms with Crippen molar-refractivity contribution in [2.45, 2.75) is 38.3 Å². The molecule has 1 saturated heterocycles. The van der Waals surface area contributed by atoms with Crippen LogP contribution in [0, 0.1) is 11.8 Å². The fourth-order valence-corrected chi connectivity index (χ4v) is 5.87. The molecule has 172 valence electrons. The van der Waals surface area contributed by atoms with Gasteiger partial charge in [0.25, 0.3) is 0 Å². The highest BCUT2D eigenvalue weighted by atomic mass is 32.2. The lowest BCUT2D eigenvalue weighted by Gasteiger charge is -2.44. The molecule has 2 aromatic rings. The molecule has 0 bridgehead atoms. The Morgan fingerprint density at radius 2 is 2.03 bits per heavy atom. The van der Waals surface area contributed by atoms with Crippen molar-refractivity contribution in [1.29, 1.82) is 0 Å². The van der Waals surface area contributed by atoms with Crippen LogP contribution in [0.1, 0.15) is 42.5 Å². The van der Waals surface area contributed by atoms with Gasteiger partial charge >= 0.3 is 6.18 Å². The first-order valence-electron chi connectivity index (χ1n) is 10.8. The van der Waals surface area contributed by atoms with Crippen LogP contribution < -0.4 is 0 Å². The molecule has 1 aliphatic heterocycles. The van der Waals surface area contributed by atoms with Crippen LogP contribution in [0.5, 0.6) is 0 Å². The number of piperidine rings is 1. The molecule has 0 saturated carbocycles. The van der Waals surface area contributed by atoms with E-state index in [0.717, 1.165) is 61.7 Å². The zero-order valence-electron chi connectivity index (χ0n) is 18.2. The van der Waals surface area contributed by atoms with E-state index in [9.17, 15) is 21.6 Å². The van der Waals surface area contributed by atoms with Gasteiger partial charge in [-0.15, -0.1) is 0 Å². The van der Waals surface area contributed by atoms with Crippen molar-refractivity contribution in [3.8, 4) is 0 Å². The molecular weight excluding hydrogens is 427 g/mol. The molecule has 5 nitrogen and oxygen atoms in total. The Morgan fingerprint density at radius 3 is 2.71 bits per heavy atom. The van der Waals surface area contributed by atoms with E-state index in [4.69, 9.17) is 0 Å². The minimum atomic E-state index is -4.35. The number of alkyl halides is 3. The predicted octanol–water partition coefficient (Wildman–Crippen LogP) is 4.07. The van der Waals surface area contributed by atoms with E-state index in [-0.39, 0.29) is 5.92 Å². The molecule has 9 heteroatoms. The van der Waals surface area contributed by atoms with Crippen molar-refractivity contribution in [1.82, 2.24) is 14.2 Å². The Labute approximate surface area is 181 Å². The number of likely N-dealkylation sites (tertiary alicyclic amines) is 1. The zero-order chi connectivity index (χ0) is 22.6. The number of H-pyrrole nitrogens is 1. The fraction of sp³-hybridized carbons (Fsp3) is 0.636. The van der Waals surface area contributed by atoms with E-state index < -0.39 is 21.8 Å². The average Bonchev–Trinajstić information content (AvgIpc) is 3.04. The molecule has 31 heavy (non-hydrogen) atoms. The summed E-state index contributed by atoms with van der Waals surface area (Å²) in [5.41, 5.74) is 2.31. The summed E-state index contributed by atoms with van der Waals surface area (Å²) in [6, 6.07) is 4.00. The van der Waals surface area contributed by atoms with Crippen molar-refractivity contribution in [3.63, 3.8) is 0 Å². The van der Waals surface area contributed by atoms with Crippen LogP contribution in [0.3, 0.4) is 0 Å². The molecule has 0 amide bonds. The number of halogens is 3. The minimum absolute atomic E-state index is 0.174. The third-order valence-electron chi connectivity index (χ3n) is 7.22. The summed E-state index contributed by atoms with van der Waals surface area (Å²) in [4.78, 5) is 5.77. The highest BCUT2D eigenvalue weighted by molar-refractivity contribution is 7.88. The Bertz CT molecular complexity index is 1060. The monoisotopic (exact) mass is 457 g/mol. The fourth-order valence-electron chi connectivity index (χ4n) is 5.41. The van der Waals surface area contributed by atoms with Gasteiger partial charge < -0.3 is 9.88 Å². The van der Waals surface area contributed by atoms with Crippen LogP contribution in [0.2, 0.25) is 0 Å². The minimum Gasteiger partial charge on any atom is -0.358 e. The maximum absolute atomic E-state index is 13.3. The summed E-state index contributed by atoms with van der Waals surface area (Å²) in [6.45, 7) is 5.34. The summed E-state index contributed by atoms with van der Waals surface area (Å²) >= 11 is 0. The second-order valence-electron chi connectivity index (χ2n) is 9.22. The topological polar surface area (TPSA) is 56.4 Å². The maximum atomic E-state index is 13.3. The smallest absolute Gasteiger partial charge is 0.358 e. The van der Waals surface area contributed by atoms with E-state index in [2.05, 4.69) is 16.8 Å². The largest absolute Gasteiger partial charge is 0.416 e. The first-order chi connectivity index (χ1) is 14.4. The summed E-state index contributed by atoms with van der Waals surface area (Å²) < 4.78 is 64.3. The van der Waals surface area contributed by atoms with Crippen LogP contribution in [-0.2, 0) is 22.6 Å². The van der Waals surface area contributed by atoms with E-state index in [1.54, 1.807) is 13.1 Å². The van der Waals surface area contributed by atoms with Gasteiger partial charge in [0, 0.05) is 36.7 Å². The summed E-state index contributed by atoms with van der Waals surface area (Å²) in [5.74, 6) is 1.09. The number of nitrogens with one attached hydrogen (secondary N) is 1. The van der Waals surface area contributed by atoms with E-state index in [0.29, 0.717) is 23.8 Å². The number of aromatic amines is 1. The van der Waals surface area contributed by atoms with Gasteiger partial charge in [0.1, 0.15) is 0 Å². The van der Waals surface area contributed by atoms with Gasteiger partial charge in [0.05, 0.1) is 11.8 Å². The molecule has 3 atom stereocenters. The van der Waals surface area contributed by atoms with Gasteiger partial charge in [-0.1, -0.05) is 6.92 Å². The van der Waals surface area contributed by atoms with Gasteiger partial charge in [-0.25, -0.2) is 12.7 Å². The van der Waals surface area contributed by atoms with Crippen LogP contribution in [0.25, 0.3) is 10.9 Å². The Morgan fingerprint density at radius 1 is 1.29 bits per heavy atom. The third kappa shape index (κ3) is 4.50. The third-order valence-corrected chi connectivity index (χ3v) is 8.53. The first kappa shape index (κ1) is 22.6. The van der Waals surface area contributed by atoms with Gasteiger partial charge in [-0.2, -0.15) is 13.2 Å². The molecule has 4 rings (SSSR count). The molecule has 1 aromatic carbocycles. The van der Waals surface area contributed by atoms with E-state index >= 15 is 0 Å². The number of rotatable bonds is 5. The van der Waals surface area contributed by atoms with Crippen LogP contribution in [0.4, 0.5) is 13.2 Å². The molecule has 1 fully saturated rings. The van der Waals surface area contributed by atoms with Crippen molar-refractivity contribution < 1.29 is 21.6 Å². The molecule has 1 aliphatic carbocycles. The van der Waals surface area contributed by atoms with E-state index in [1.165, 1.54) is 16.6 Å². The van der Waals surface area contributed by atoms with Crippen molar-refractivity contribution in [3.05, 3.63) is 35.0 Å². The molecule has 1 aromatic heterocycles. The Balaban J connectivity index is 1.50. The molecule has 0 unspecified atom stereocenters. The number of sulfonamides is 1. The standard InChI is InChI=1S/C22H30F3N3O2S/c1-14-18-13-28(9-4-8-27(2)31(3,29)30)10-7-15(18)11-20-21(14)17-12-16(22(23,24)25)5-6-19(17)26-20/h5-6,12,14-15,18,26H,4,7-11,13H2,1-3H3/t14-,15-,18-/m1/s1. The van der Waals surface area contributed by atoms with Gasteiger partial charge in [-0.05, 0) is 73.9 Å². The number of benzene rings is 1. The second-order valence-corrected chi connectivity index (χ2v) is 11.3. The number of aromatic nitrogens is 1. The normalized spacial score (nSPS) is 25.1. The summed E-state index contributed by atoms with van der Waals surface area (Å²) in [7, 11) is -1.57. The molecule has 2 aliphatic rings. The van der Waals surface area contributed by atoms with Crippen molar-refractivity contribution in [2.24, 2.45) is 11.8 Å². The van der Waals surface area contributed by atoms with Crippen LogP contribution >= 0.6 is 0 Å². The highest BCUT2D eigenvalue weighted by Crippen LogP contribution is 2.46. The SMILES string of the molecule is C[C@H]1c2c([nH]c3ccc(C(F)(F)F)cc23)C[C@H]2CCN(CCCN(C)S(C)(=O)=O)C[C@@H]21. The molecular formula is C22H30F3N3O2S. The lowest BCUT2D eigenvalue weighted by atomic mass is 9.68. The highest BCUT2D eigenvalue weighted by Gasteiger charge is 2.40. The van der Waals surface area contributed by atoms with Gasteiger partial charge in [-0.3, -0.25) is 0 Å². The lowest BCUT2D eigenvalue weighted by Crippen LogP contribution is -2.45. The number of nitrogens with zero attached hydrogens (tertiary/aromatic N) is 2. The second kappa shape index (κ2) is 8.08. The number of fused-ring (bicyclic) bond motifs is 4. The number of hydrogen-bond acceptors (Lipinski definition) is 3.